The van der Waals surface area contributed by atoms with Gasteiger partial charge in [0.25, 0.3) is 0 Å². The van der Waals surface area contributed by atoms with Crippen LogP contribution in [0.5, 0.6) is 5.75 Å². The van der Waals surface area contributed by atoms with Crippen LogP contribution in [0.2, 0.25) is 0 Å². The molecule has 3 heteroatoms. The van der Waals surface area contributed by atoms with Crippen molar-refractivity contribution in [1.82, 2.24) is 0 Å². The van der Waals surface area contributed by atoms with Crippen LogP contribution in [0.15, 0.2) is 59.2 Å². The Morgan fingerprint density at radius 2 is 1.78 bits per heavy atom. The van der Waals surface area contributed by atoms with Crippen molar-refractivity contribution in [1.29, 1.82) is 0 Å². The molecule has 0 N–H and O–H groups in total. The van der Waals surface area contributed by atoms with E-state index in [4.69, 9.17) is 4.74 Å². The number of benzene rings is 2. The molecule has 0 saturated heterocycles. The zero-order chi connectivity index (χ0) is 19.4. The molecule has 2 aromatic carbocycles. The van der Waals surface area contributed by atoms with Crippen molar-refractivity contribution in [3.8, 4) is 5.75 Å². The van der Waals surface area contributed by atoms with Crippen molar-refractivity contribution in [2.45, 2.75) is 39.0 Å². The minimum absolute atomic E-state index is 0.130. The van der Waals surface area contributed by atoms with Gasteiger partial charge in [-0.25, -0.2) is 0 Å². The van der Waals surface area contributed by atoms with E-state index in [1.807, 2.05) is 13.3 Å². The molecule has 1 heterocycles. The minimum atomic E-state index is -0.130. The van der Waals surface area contributed by atoms with Crippen molar-refractivity contribution in [3.63, 3.8) is 0 Å². The van der Waals surface area contributed by atoms with Gasteiger partial charge in [0.2, 0.25) is 0 Å². The number of nitrogens with zero attached hydrogens (tertiary/aromatic N) is 2. The molecule has 27 heavy (non-hydrogen) atoms. The summed E-state index contributed by atoms with van der Waals surface area (Å²) in [7, 11) is 3.55. The van der Waals surface area contributed by atoms with Crippen LogP contribution >= 0.6 is 0 Å². The summed E-state index contributed by atoms with van der Waals surface area (Å²) in [6, 6.07) is 15.5. The lowest BCUT2D eigenvalue weighted by Gasteiger charge is -2.30. The van der Waals surface area contributed by atoms with Crippen LogP contribution < -0.4 is 9.64 Å². The van der Waals surface area contributed by atoms with E-state index in [1.165, 1.54) is 28.1 Å². The minimum Gasteiger partial charge on any atom is -0.497 e. The fourth-order valence-corrected chi connectivity index (χ4v) is 4.13. The number of fused-ring (bicyclic) bond motifs is 1. The molecule has 3 rings (SSSR count). The number of rotatable bonds is 6. The predicted octanol–water partition coefficient (Wildman–Crippen LogP) is 5.18. The second-order valence-corrected chi connectivity index (χ2v) is 7.27. The second-order valence-electron chi connectivity index (χ2n) is 7.27. The van der Waals surface area contributed by atoms with Crippen LogP contribution in [-0.2, 0) is 18.3 Å². The molecular formula is C24H30N2O. The van der Waals surface area contributed by atoms with E-state index in [2.05, 4.69) is 79.2 Å². The van der Waals surface area contributed by atoms with E-state index >= 15 is 0 Å². The SMILES string of the molecule is CCc1ccc(CC2(C)/C(=C/C=NC)N(CC)c3ccc(OC)cc32)cc1. The van der Waals surface area contributed by atoms with Crippen LogP contribution in [0.3, 0.4) is 0 Å². The smallest absolute Gasteiger partial charge is 0.119 e. The van der Waals surface area contributed by atoms with Crippen molar-refractivity contribution in [2.75, 3.05) is 25.6 Å². The summed E-state index contributed by atoms with van der Waals surface area (Å²) in [6.45, 7) is 7.66. The number of anilines is 1. The van der Waals surface area contributed by atoms with E-state index in [-0.39, 0.29) is 5.41 Å². The molecule has 0 amide bonds. The van der Waals surface area contributed by atoms with Gasteiger partial charge in [0.15, 0.2) is 0 Å². The standard InChI is InChI=1S/C24H30N2O/c1-6-18-8-10-19(11-9-18)17-24(3)21-16-20(27-5)12-13-22(21)26(7-2)23(24)14-15-25-4/h8-16H,6-7,17H2,1-5H3/b23-14-,25-15?. The second kappa shape index (κ2) is 7.99. The summed E-state index contributed by atoms with van der Waals surface area (Å²) >= 11 is 0. The lowest BCUT2D eigenvalue weighted by molar-refractivity contribution is 0.413. The number of ether oxygens (including phenoxy) is 1. The Kier molecular flexibility index (Phi) is 5.69. The third-order valence-electron chi connectivity index (χ3n) is 5.63. The third kappa shape index (κ3) is 3.51. The monoisotopic (exact) mass is 362 g/mol. The highest BCUT2D eigenvalue weighted by Crippen LogP contribution is 2.50. The van der Waals surface area contributed by atoms with Crippen LogP contribution in [-0.4, -0.2) is 26.9 Å². The van der Waals surface area contributed by atoms with Gasteiger partial charge in [-0.3, -0.25) is 4.99 Å². The van der Waals surface area contributed by atoms with E-state index < -0.39 is 0 Å². The predicted molar refractivity (Wildman–Crippen MR) is 115 cm³/mol. The first-order valence-electron chi connectivity index (χ1n) is 9.74. The third-order valence-corrected chi connectivity index (χ3v) is 5.63. The van der Waals surface area contributed by atoms with Gasteiger partial charge in [0.05, 0.1) is 7.11 Å². The molecule has 1 aliphatic heterocycles. The largest absolute Gasteiger partial charge is 0.497 e. The molecule has 3 nitrogen and oxygen atoms in total. The Balaban J connectivity index is 2.12. The van der Waals surface area contributed by atoms with Crippen LogP contribution in [0.1, 0.15) is 37.5 Å². The zero-order valence-corrected chi connectivity index (χ0v) is 17.1. The topological polar surface area (TPSA) is 24.8 Å². The first-order valence-corrected chi connectivity index (χ1v) is 9.74. The summed E-state index contributed by atoms with van der Waals surface area (Å²) < 4.78 is 5.53. The van der Waals surface area contributed by atoms with E-state index in [0.29, 0.717) is 0 Å². The van der Waals surface area contributed by atoms with E-state index in [1.54, 1.807) is 7.11 Å². The summed E-state index contributed by atoms with van der Waals surface area (Å²) in [6.07, 6.45) is 6.08. The van der Waals surface area contributed by atoms with Crippen molar-refractivity contribution in [3.05, 3.63) is 70.9 Å². The van der Waals surface area contributed by atoms with Gasteiger partial charge >= 0.3 is 0 Å². The highest BCUT2D eigenvalue weighted by atomic mass is 16.5. The average molecular weight is 363 g/mol. The Morgan fingerprint density at radius 3 is 2.37 bits per heavy atom. The van der Waals surface area contributed by atoms with Crippen molar-refractivity contribution < 1.29 is 4.74 Å². The molecular weight excluding hydrogens is 332 g/mol. The van der Waals surface area contributed by atoms with Gasteiger partial charge < -0.3 is 9.64 Å². The molecule has 0 bridgehead atoms. The summed E-state index contributed by atoms with van der Waals surface area (Å²) in [5, 5.41) is 0. The van der Waals surface area contributed by atoms with E-state index in [9.17, 15) is 0 Å². The number of aliphatic imine (C=N–C) groups is 1. The quantitative estimate of drug-likeness (QED) is 0.661. The number of allylic oxidation sites excluding steroid dienone is 2. The number of hydrogen-bond acceptors (Lipinski definition) is 3. The fraction of sp³-hybridized carbons (Fsp3) is 0.375. The van der Waals surface area contributed by atoms with Gasteiger partial charge in [0.1, 0.15) is 5.75 Å². The molecule has 0 radical (unpaired) electrons. The Bertz CT molecular complexity index is 851. The molecule has 1 aliphatic rings. The van der Waals surface area contributed by atoms with E-state index in [0.717, 1.165) is 25.1 Å². The number of methoxy groups -OCH3 is 1. The fourth-order valence-electron chi connectivity index (χ4n) is 4.13. The Hall–Kier alpha value is -2.55. The summed E-state index contributed by atoms with van der Waals surface area (Å²) in [4.78, 5) is 6.61. The van der Waals surface area contributed by atoms with Gasteiger partial charge in [0, 0.05) is 36.6 Å². The summed E-state index contributed by atoms with van der Waals surface area (Å²) in [5.74, 6) is 0.905. The maximum Gasteiger partial charge on any atom is 0.119 e. The molecule has 1 unspecified atom stereocenters. The van der Waals surface area contributed by atoms with Gasteiger partial charge in [-0.15, -0.1) is 0 Å². The first kappa shape index (κ1) is 19.2. The van der Waals surface area contributed by atoms with Crippen LogP contribution in [0.25, 0.3) is 0 Å². The average Bonchev–Trinajstić information content (AvgIpc) is 2.93. The molecule has 0 spiro atoms. The zero-order valence-electron chi connectivity index (χ0n) is 17.1. The first-order chi connectivity index (χ1) is 13.1. The van der Waals surface area contributed by atoms with Gasteiger partial charge in [-0.1, -0.05) is 31.2 Å². The summed E-state index contributed by atoms with van der Waals surface area (Å²) in [5.41, 5.74) is 6.47. The Morgan fingerprint density at radius 1 is 1.07 bits per heavy atom. The molecule has 2 aromatic rings. The van der Waals surface area contributed by atoms with Crippen molar-refractivity contribution >= 4 is 11.9 Å². The molecule has 0 fully saturated rings. The molecule has 0 aromatic heterocycles. The molecule has 142 valence electrons. The lowest BCUT2D eigenvalue weighted by atomic mass is 9.76. The van der Waals surface area contributed by atoms with Crippen molar-refractivity contribution in [2.24, 2.45) is 4.99 Å². The lowest BCUT2D eigenvalue weighted by Crippen LogP contribution is -2.30. The van der Waals surface area contributed by atoms with Crippen LogP contribution in [0, 0.1) is 0 Å². The van der Waals surface area contributed by atoms with Crippen LogP contribution in [0.4, 0.5) is 5.69 Å². The molecule has 0 saturated carbocycles. The van der Waals surface area contributed by atoms with Gasteiger partial charge in [-0.2, -0.15) is 0 Å². The normalized spacial score (nSPS) is 20.5. The number of hydrogen-bond donors (Lipinski definition) is 0. The highest BCUT2D eigenvalue weighted by Gasteiger charge is 2.43. The highest BCUT2D eigenvalue weighted by molar-refractivity contribution is 5.80. The number of likely N-dealkylation sites (N-methyl/N-ethyl adjacent to an activating group) is 1. The Labute approximate surface area is 163 Å². The maximum atomic E-state index is 5.53. The maximum absolute atomic E-state index is 5.53. The number of aryl methyl sites for hydroxylation is 1. The molecule has 1 atom stereocenters. The molecule has 0 aliphatic carbocycles. The van der Waals surface area contributed by atoms with Gasteiger partial charge in [-0.05, 0) is 67.7 Å².